The van der Waals surface area contributed by atoms with Crippen molar-refractivity contribution < 1.29 is 31.0 Å². The molecule has 0 saturated carbocycles. The molecule has 0 spiro atoms. The van der Waals surface area contributed by atoms with Crippen LogP contribution in [-0.2, 0) is 20.0 Å². The largest absolute Gasteiger partial charge is 0.497 e. The molecule has 0 N–H and O–H groups in total. The minimum Gasteiger partial charge on any atom is -0.497 e. The lowest BCUT2D eigenvalue weighted by atomic mass is 10.1. The number of fused-ring (bicyclic) bond motifs is 2. The minimum atomic E-state index is -4.24. The van der Waals surface area contributed by atoms with Crippen LogP contribution >= 0.6 is 0 Å². The van der Waals surface area contributed by atoms with Gasteiger partial charge in [0.2, 0.25) is 0 Å². The zero-order valence-electron chi connectivity index (χ0n) is 25.9. The van der Waals surface area contributed by atoms with Gasteiger partial charge in [-0.05, 0) is 84.9 Å². The Hall–Kier alpha value is -5.52. The summed E-state index contributed by atoms with van der Waals surface area (Å²) in [5.41, 5.74) is 1.11. The van der Waals surface area contributed by atoms with Crippen LogP contribution in [0.4, 0.5) is 0 Å². The lowest BCUT2D eigenvalue weighted by Gasteiger charge is -2.23. The van der Waals surface area contributed by atoms with Gasteiger partial charge in [-0.15, -0.1) is 0 Å². The molecule has 242 valence electrons. The third-order valence-corrected chi connectivity index (χ3v) is 11.6. The third kappa shape index (κ3) is 5.36. The number of benzene rings is 5. The predicted molar refractivity (Wildman–Crippen MR) is 184 cm³/mol. The average Bonchev–Trinajstić information content (AvgIpc) is 3.70. The fraction of sp³-hybridized carbons (Fsp3) is 0.0811. The molecule has 0 aliphatic rings. The van der Waals surface area contributed by atoms with E-state index in [1.807, 2.05) is 6.07 Å². The molecule has 0 unspecified atom stereocenters. The van der Waals surface area contributed by atoms with Crippen molar-refractivity contribution >= 4 is 41.9 Å². The van der Waals surface area contributed by atoms with E-state index in [9.17, 15) is 16.8 Å². The SMILES string of the molecule is COc1ccc2c(c1)cc(C(Oc1ccccc1)c1cc3cc(OC)ccc3n1S(=O)(=O)c1ccccc1)n2S(=O)(=O)c1ccccc1. The zero-order chi connectivity index (χ0) is 33.5. The normalized spacial score (nSPS) is 12.1. The topological polar surface area (TPSA) is 106 Å². The van der Waals surface area contributed by atoms with E-state index in [2.05, 4.69) is 0 Å². The molecule has 9 nitrogen and oxygen atoms in total. The van der Waals surface area contributed by atoms with Crippen LogP contribution in [0.5, 0.6) is 17.2 Å². The van der Waals surface area contributed by atoms with Crippen molar-refractivity contribution in [2.75, 3.05) is 14.2 Å². The smallest absolute Gasteiger partial charge is 0.268 e. The van der Waals surface area contributed by atoms with E-state index < -0.39 is 26.2 Å². The van der Waals surface area contributed by atoms with Crippen LogP contribution in [0.15, 0.2) is 149 Å². The quantitative estimate of drug-likeness (QED) is 0.150. The van der Waals surface area contributed by atoms with Gasteiger partial charge in [0.05, 0.1) is 46.4 Å². The molecule has 7 rings (SSSR count). The van der Waals surface area contributed by atoms with Crippen molar-refractivity contribution in [3.8, 4) is 17.2 Å². The second-order valence-corrected chi connectivity index (χ2v) is 14.5. The molecule has 0 fully saturated rings. The monoisotopic (exact) mass is 678 g/mol. The highest BCUT2D eigenvalue weighted by atomic mass is 32.2. The number of hydrogen-bond acceptors (Lipinski definition) is 7. The summed E-state index contributed by atoms with van der Waals surface area (Å²) in [4.78, 5) is 0.112. The van der Waals surface area contributed by atoms with Crippen LogP contribution in [0.1, 0.15) is 17.5 Å². The molecule has 48 heavy (non-hydrogen) atoms. The molecule has 2 heterocycles. The Labute approximate surface area is 278 Å². The van der Waals surface area contributed by atoms with Crippen LogP contribution in [0.2, 0.25) is 0 Å². The predicted octanol–water partition coefficient (Wildman–Crippen LogP) is 7.26. The van der Waals surface area contributed by atoms with Crippen molar-refractivity contribution in [3.05, 3.63) is 151 Å². The van der Waals surface area contributed by atoms with E-state index in [0.29, 0.717) is 39.1 Å². The van der Waals surface area contributed by atoms with E-state index in [-0.39, 0.29) is 21.2 Å². The number of methoxy groups -OCH3 is 2. The van der Waals surface area contributed by atoms with Gasteiger partial charge in [0.15, 0.2) is 6.10 Å². The van der Waals surface area contributed by atoms with Gasteiger partial charge in [0, 0.05) is 10.8 Å². The molecule has 5 aromatic carbocycles. The van der Waals surface area contributed by atoms with Crippen molar-refractivity contribution in [2.24, 2.45) is 0 Å². The maximum absolute atomic E-state index is 14.6. The third-order valence-electron chi connectivity index (χ3n) is 8.08. The standard InChI is InChI=1S/C37H30N2O7S2/c1-44-29-18-20-33-26(22-29)24-35(38(33)47(40,41)31-14-8-4-9-15-31)37(46-28-12-6-3-7-13-28)36-25-27-23-30(45-2)19-21-34(27)39(36)48(42,43)32-16-10-5-11-17-32/h3-25,37H,1-2H3. The molecule has 2 aromatic heterocycles. The molecule has 11 heteroatoms. The molecule has 0 aliphatic heterocycles. The molecule has 0 aliphatic carbocycles. The molecule has 0 bridgehead atoms. The van der Waals surface area contributed by atoms with Gasteiger partial charge in [-0.25, -0.2) is 24.8 Å². The first-order valence-corrected chi connectivity index (χ1v) is 17.8. The highest BCUT2D eigenvalue weighted by molar-refractivity contribution is 7.90. The Morgan fingerprint density at radius 3 is 1.27 bits per heavy atom. The molecular weight excluding hydrogens is 649 g/mol. The summed E-state index contributed by atoms with van der Waals surface area (Å²) in [5.74, 6) is 1.45. The first-order valence-electron chi connectivity index (χ1n) is 14.9. The molecule has 7 aromatic rings. The van der Waals surface area contributed by atoms with Gasteiger partial charge in [-0.1, -0.05) is 54.6 Å². The summed E-state index contributed by atoms with van der Waals surface area (Å²) in [6, 6.07) is 38.6. The summed E-state index contributed by atoms with van der Waals surface area (Å²) in [7, 11) is -5.42. The van der Waals surface area contributed by atoms with Crippen molar-refractivity contribution in [3.63, 3.8) is 0 Å². The summed E-state index contributed by atoms with van der Waals surface area (Å²) in [6.45, 7) is 0. The van der Waals surface area contributed by atoms with Crippen LogP contribution in [0.3, 0.4) is 0 Å². The van der Waals surface area contributed by atoms with E-state index in [4.69, 9.17) is 14.2 Å². The minimum absolute atomic E-state index is 0.0558. The lowest BCUT2D eigenvalue weighted by Crippen LogP contribution is -2.24. The van der Waals surface area contributed by atoms with Crippen molar-refractivity contribution in [1.29, 1.82) is 0 Å². The van der Waals surface area contributed by atoms with Crippen LogP contribution < -0.4 is 14.2 Å². The highest BCUT2D eigenvalue weighted by Crippen LogP contribution is 2.40. The lowest BCUT2D eigenvalue weighted by molar-refractivity contribution is 0.236. The first-order chi connectivity index (χ1) is 23.2. The second kappa shape index (κ2) is 12.3. The van der Waals surface area contributed by atoms with Crippen LogP contribution in [0, 0.1) is 0 Å². The number of hydrogen-bond donors (Lipinski definition) is 0. The van der Waals surface area contributed by atoms with Gasteiger partial charge in [0.25, 0.3) is 20.0 Å². The Morgan fingerprint density at radius 2 is 0.875 bits per heavy atom. The van der Waals surface area contributed by atoms with E-state index in [0.717, 1.165) is 0 Å². The maximum Gasteiger partial charge on any atom is 0.268 e. The Kier molecular flexibility index (Phi) is 7.94. The van der Waals surface area contributed by atoms with Gasteiger partial charge in [-0.2, -0.15) is 0 Å². The maximum atomic E-state index is 14.6. The summed E-state index contributed by atoms with van der Waals surface area (Å²) in [6.07, 6.45) is -1.25. The second-order valence-electron chi connectivity index (χ2n) is 11.0. The summed E-state index contributed by atoms with van der Waals surface area (Å²) >= 11 is 0. The van der Waals surface area contributed by atoms with Gasteiger partial charge >= 0.3 is 0 Å². The Bertz CT molecular complexity index is 2320. The number of para-hydroxylation sites is 1. The van der Waals surface area contributed by atoms with Crippen LogP contribution in [-0.4, -0.2) is 39.0 Å². The van der Waals surface area contributed by atoms with E-state index in [1.54, 1.807) is 109 Å². The fourth-order valence-corrected chi connectivity index (χ4v) is 8.96. The summed E-state index contributed by atoms with van der Waals surface area (Å²) < 4.78 is 78.3. The molecular formula is C37H30N2O7S2. The molecule has 0 atom stereocenters. The fourth-order valence-electron chi connectivity index (χ4n) is 5.84. The highest BCUT2D eigenvalue weighted by Gasteiger charge is 2.35. The molecule has 0 radical (unpaired) electrons. The van der Waals surface area contributed by atoms with E-state index >= 15 is 0 Å². The van der Waals surface area contributed by atoms with E-state index in [1.165, 1.54) is 46.4 Å². The Balaban J connectivity index is 1.59. The number of nitrogens with zero attached hydrogens (tertiary/aromatic N) is 2. The number of aromatic nitrogens is 2. The molecule has 0 saturated heterocycles. The number of ether oxygens (including phenoxy) is 3. The van der Waals surface area contributed by atoms with Crippen molar-refractivity contribution in [1.82, 2.24) is 7.94 Å². The summed E-state index contributed by atoms with van der Waals surface area (Å²) in [5, 5.41) is 1.11. The Morgan fingerprint density at radius 1 is 0.479 bits per heavy atom. The molecule has 0 amide bonds. The van der Waals surface area contributed by atoms with Gasteiger partial charge in [0.1, 0.15) is 17.2 Å². The van der Waals surface area contributed by atoms with Crippen molar-refractivity contribution in [2.45, 2.75) is 15.9 Å². The van der Waals surface area contributed by atoms with Gasteiger partial charge in [-0.3, -0.25) is 0 Å². The number of rotatable bonds is 10. The first kappa shape index (κ1) is 31.1. The zero-order valence-corrected chi connectivity index (χ0v) is 27.6. The van der Waals surface area contributed by atoms with Gasteiger partial charge < -0.3 is 14.2 Å². The van der Waals surface area contributed by atoms with Crippen LogP contribution in [0.25, 0.3) is 21.8 Å². The average molecular weight is 679 g/mol.